The highest BCUT2D eigenvalue weighted by molar-refractivity contribution is 5.69. The highest BCUT2D eigenvalue weighted by Gasteiger charge is 2.04. The van der Waals surface area contributed by atoms with Crippen LogP contribution in [0.2, 0.25) is 0 Å². The van der Waals surface area contributed by atoms with E-state index in [1.165, 1.54) is 0 Å². The number of rotatable bonds is 26. The Hall–Kier alpha value is -1.22. The topological polar surface area (TPSA) is 89.5 Å². The normalized spacial score (nSPS) is 11.0. The molecule has 0 saturated heterocycles. The maximum atomic E-state index is 11.7. The van der Waals surface area contributed by atoms with Crippen molar-refractivity contribution < 1.29 is 38.0 Å². The molecule has 196 valence electrons. The van der Waals surface area contributed by atoms with Crippen LogP contribution in [0.1, 0.15) is 84.5 Å². The van der Waals surface area contributed by atoms with Crippen LogP contribution in [0.3, 0.4) is 0 Å². The van der Waals surface area contributed by atoms with Gasteiger partial charge >= 0.3 is 11.9 Å². The molecule has 0 aromatic carbocycles. The van der Waals surface area contributed by atoms with Crippen LogP contribution in [0.5, 0.6) is 0 Å². The van der Waals surface area contributed by atoms with Crippen molar-refractivity contribution in [2.75, 3.05) is 66.1 Å². The van der Waals surface area contributed by atoms with Crippen molar-refractivity contribution in [1.29, 1.82) is 0 Å². The van der Waals surface area contributed by atoms with Crippen molar-refractivity contribution in [1.82, 2.24) is 0 Å². The number of ether oxygens (including phenoxy) is 6. The third kappa shape index (κ3) is 26.9. The average molecular weight is 477 g/mol. The first-order valence-electron chi connectivity index (χ1n) is 12.8. The minimum atomic E-state index is -0.184. The number of carbonyl (C=O) groups excluding carboxylic acids is 2. The molecular formula is C25H48O8. The van der Waals surface area contributed by atoms with Crippen LogP contribution in [0.4, 0.5) is 0 Å². The minimum absolute atomic E-state index is 0.184. The fraction of sp³-hybridized carbons (Fsp3) is 0.920. The highest BCUT2D eigenvalue weighted by Crippen LogP contribution is 2.08. The van der Waals surface area contributed by atoms with E-state index < -0.39 is 0 Å². The molecule has 8 nitrogen and oxygen atoms in total. The van der Waals surface area contributed by atoms with Crippen LogP contribution in [-0.4, -0.2) is 78.0 Å². The van der Waals surface area contributed by atoms with Gasteiger partial charge in [0.1, 0.15) is 13.2 Å². The molecule has 0 rings (SSSR count). The Morgan fingerprint density at radius 2 is 0.758 bits per heavy atom. The Morgan fingerprint density at radius 3 is 1.15 bits per heavy atom. The maximum absolute atomic E-state index is 11.7. The van der Waals surface area contributed by atoms with Crippen LogP contribution in [0.25, 0.3) is 0 Å². The zero-order valence-electron chi connectivity index (χ0n) is 21.1. The second kappa shape index (κ2) is 27.0. The molecule has 33 heavy (non-hydrogen) atoms. The molecule has 0 saturated carbocycles. The van der Waals surface area contributed by atoms with E-state index in [-0.39, 0.29) is 25.2 Å². The number of unbranched alkanes of at least 4 members (excludes halogenated alkanes) is 6. The van der Waals surface area contributed by atoms with Gasteiger partial charge in [0.25, 0.3) is 0 Å². The van der Waals surface area contributed by atoms with E-state index in [1.807, 2.05) is 0 Å². The number of esters is 2. The lowest BCUT2D eigenvalue weighted by molar-refractivity contribution is -0.146. The minimum Gasteiger partial charge on any atom is -0.463 e. The third-order valence-electron chi connectivity index (χ3n) is 4.77. The van der Waals surface area contributed by atoms with E-state index in [4.69, 9.17) is 28.4 Å². The summed E-state index contributed by atoms with van der Waals surface area (Å²) < 4.78 is 31.8. The van der Waals surface area contributed by atoms with E-state index in [2.05, 4.69) is 13.8 Å². The van der Waals surface area contributed by atoms with Crippen molar-refractivity contribution in [3.8, 4) is 0 Å². The monoisotopic (exact) mass is 476 g/mol. The van der Waals surface area contributed by atoms with E-state index in [1.54, 1.807) is 0 Å². The van der Waals surface area contributed by atoms with E-state index >= 15 is 0 Å². The lowest BCUT2D eigenvalue weighted by Crippen LogP contribution is -2.13. The lowest BCUT2D eigenvalue weighted by Gasteiger charge is -2.07. The SMILES string of the molecule is CCCCOCCOCCOC(=O)CCCCCCCC(=O)OCCOCCOCCCC. The van der Waals surface area contributed by atoms with Gasteiger partial charge in [-0.15, -0.1) is 0 Å². The Morgan fingerprint density at radius 1 is 0.424 bits per heavy atom. The smallest absolute Gasteiger partial charge is 0.305 e. The fourth-order valence-corrected chi connectivity index (χ4v) is 2.78. The molecule has 0 heterocycles. The largest absolute Gasteiger partial charge is 0.463 e. The van der Waals surface area contributed by atoms with E-state index in [0.29, 0.717) is 52.5 Å². The molecule has 0 atom stereocenters. The van der Waals surface area contributed by atoms with Crippen LogP contribution in [0.15, 0.2) is 0 Å². The van der Waals surface area contributed by atoms with Gasteiger partial charge in [-0.2, -0.15) is 0 Å². The summed E-state index contributed by atoms with van der Waals surface area (Å²) in [5.41, 5.74) is 0. The maximum Gasteiger partial charge on any atom is 0.305 e. The van der Waals surface area contributed by atoms with Crippen molar-refractivity contribution in [2.45, 2.75) is 84.5 Å². The van der Waals surface area contributed by atoms with Gasteiger partial charge in [0.15, 0.2) is 0 Å². The summed E-state index contributed by atoms with van der Waals surface area (Å²) in [7, 11) is 0. The molecule has 0 radical (unpaired) electrons. The van der Waals surface area contributed by atoms with Crippen molar-refractivity contribution in [3.63, 3.8) is 0 Å². The van der Waals surface area contributed by atoms with Gasteiger partial charge in [-0.3, -0.25) is 9.59 Å². The Labute approximate surface area is 201 Å². The first kappa shape index (κ1) is 31.8. The Kier molecular flexibility index (Phi) is 26.0. The van der Waals surface area contributed by atoms with Crippen LogP contribution < -0.4 is 0 Å². The number of hydrogen-bond acceptors (Lipinski definition) is 8. The molecule has 0 aliphatic rings. The average Bonchev–Trinajstić information content (AvgIpc) is 2.81. The zero-order chi connectivity index (χ0) is 24.2. The van der Waals surface area contributed by atoms with E-state index in [0.717, 1.165) is 71.0 Å². The molecule has 0 unspecified atom stereocenters. The molecule has 0 aliphatic heterocycles. The second-order valence-electron chi connectivity index (χ2n) is 7.87. The standard InChI is InChI=1S/C25H48O8/c1-3-5-14-28-16-18-30-20-22-32-24(26)12-10-8-7-9-11-13-25(27)33-23-21-31-19-17-29-15-6-4-2/h3-23H2,1-2H3. The first-order chi connectivity index (χ1) is 16.2. The Balaban J connectivity index is 3.26. The van der Waals surface area contributed by atoms with Gasteiger partial charge in [-0.1, -0.05) is 46.0 Å². The van der Waals surface area contributed by atoms with Gasteiger partial charge in [0.2, 0.25) is 0 Å². The summed E-state index contributed by atoms with van der Waals surface area (Å²) in [6.45, 7) is 9.37. The zero-order valence-corrected chi connectivity index (χ0v) is 21.1. The molecule has 0 aliphatic carbocycles. The molecule has 0 aromatic rings. The summed E-state index contributed by atoms with van der Waals surface area (Å²) in [6, 6.07) is 0. The highest BCUT2D eigenvalue weighted by atomic mass is 16.6. The molecular weight excluding hydrogens is 428 g/mol. The Bertz CT molecular complexity index is 393. The molecule has 0 spiro atoms. The summed E-state index contributed by atoms with van der Waals surface area (Å²) in [4.78, 5) is 23.3. The van der Waals surface area contributed by atoms with Crippen molar-refractivity contribution in [3.05, 3.63) is 0 Å². The molecule has 0 bridgehead atoms. The van der Waals surface area contributed by atoms with Crippen LogP contribution in [-0.2, 0) is 38.0 Å². The fourth-order valence-electron chi connectivity index (χ4n) is 2.78. The quantitative estimate of drug-likeness (QED) is 0.133. The summed E-state index contributed by atoms with van der Waals surface area (Å²) in [5, 5.41) is 0. The molecule has 0 aromatic heterocycles. The van der Waals surface area contributed by atoms with Gasteiger partial charge < -0.3 is 28.4 Å². The van der Waals surface area contributed by atoms with Crippen molar-refractivity contribution in [2.24, 2.45) is 0 Å². The predicted octanol–water partition coefficient (Wildman–Crippen LogP) is 4.47. The predicted molar refractivity (Wildman–Crippen MR) is 127 cm³/mol. The second-order valence-corrected chi connectivity index (χ2v) is 7.87. The summed E-state index contributed by atoms with van der Waals surface area (Å²) >= 11 is 0. The van der Waals surface area contributed by atoms with Crippen LogP contribution in [0, 0.1) is 0 Å². The molecule has 8 heteroatoms. The third-order valence-corrected chi connectivity index (χ3v) is 4.77. The molecule has 0 fully saturated rings. The molecule has 0 amide bonds. The molecule has 0 N–H and O–H groups in total. The van der Waals surface area contributed by atoms with Crippen molar-refractivity contribution >= 4 is 11.9 Å². The summed E-state index contributed by atoms with van der Waals surface area (Å²) in [6.07, 6.45) is 9.71. The number of carbonyl (C=O) groups is 2. The van der Waals surface area contributed by atoms with Crippen LogP contribution >= 0.6 is 0 Å². The van der Waals surface area contributed by atoms with Gasteiger partial charge in [-0.25, -0.2) is 0 Å². The van der Waals surface area contributed by atoms with Gasteiger partial charge in [-0.05, 0) is 25.7 Å². The van der Waals surface area contributed by atoms with E-state index in [9.17, 15) is 9.59 Å². The van der Waals surface area contributed by atoms with Gasteiger partial charge in [0, 0.05) is 26.1 Å². The summed E-state index contributed by atoms with van der Waals surface area (Å²) in [5.74, 6) is -0.368. The first-order valence-corrected chi connectivity index (χ1v) is 12.8. The lowest BCUT2D eigenvalue weighted by atomic mass is 10.1. The van der Waals surface area contributed by atoms with Gasteiger partial charge in [0.05, 0.1) is 39.6 Å². The number of hydrogen-bond donors (Lipinski definition) is 0.